The predicted octanol–water partition coefficient (Wildman–Crippen LogP) is 2.34. The van der Waals surface area contributed by atoms with E-state index in [1.807, 2.05) is 12.1 Å². The Hall–Kier alpha value is -0.430. The highest BCUT2D eigenvalue weighted by atomic mass is 79.9. The summed E-state index contributed by atoms with van der Waals surface area (Å²) < 4.78 is 26.8. The van der Waals surface area contributed by atoms with Crippen molar-refractivity contribution in [3.63, 3.8) is 0 Å². The Balaban J connectivity index is 2.04. The first-order chi connectivity index (χ1) is 10.1. The van der Waals surface area contributed by atoms with E-state index in [0.29, 0.717) is 18.0 Å². The molecule has 2 rings (SSSR count). The van der Waals surface area contributed by atoms with Crippen molar-refractivity contribution in [3.8, 4) is 0 Å². The van der Waals surface area contributed by atoms with Crippen molar-refractivity contribution in [2.45, 2.75) is 24.7 Å². The summed E-state index contributed by atoms with van der Waals surface area (Å²) in [6, 6.07) is 7.34. The minimum absolute atomic E-state index is 0.413. The Kier molecular flexibility index (Phi) is 6.22. The number of nitrogens with zero attached hydrogens (tertiary/aromatic N) is 2. The molecule has 0 aromatic heterocycles. The van der Waals surface area contributed by atoms with Crippen LogP contribution >= 0.6 is 15.9 Å². The van der Waals surface area contributed by atoms with Crippen LogP contribution in [0.25, 0.3) is 0 Å². The molecule has 118 valence electrons. The van der Waals surface area contributed by atoms with Crippen LogP contribution in [-0.2, 0) is 16.4 Å². The molecule has 1 fully saturated rings. The van der Waals surface area contributed by atoms with Gasteiger partial charge in [0.05, 0.1) is 4.90 Å². The summed E-state index contributed by atoms with van der Waals surface area (Å²) in [5.74, 6) is 0. The van der Waals surface area contributed by atoms with Crippen LogP contribution in [-0.4, -0.2) is 55.7 Å². The van der Waals surface area contributed by atoms with E-state index in [1.54, 1.807) is 16.4 Å². The molecular weight excluding hydrogens is 352 g/mol. The van der Waals surface area contributed by atoms with Gasteiger partial charge in [0.15, 0.2) is 0 Å². The minimum atomic E-state index is -3.34. The molecule has 0 unspecified atom stereocenters. The highest BCUT2D eigenvalue weighted by Crippen LogP contribution is 2.18. The van der Waals surface area contributed by atoms with Crippen LogP contribution in [0, 0.1) is 0 Å². The zero-order chi connectivity index (χ0) is 15.3. The molecule has 0 aliphatic carbocycles. The summed E-state index contributed by atoms with van der Waals surface area (Å²) in [6.45, 7) is 5.85. The van der Waals surface area contributed by atoms with Gasteiger partial charge in [-0.25, -0.2) is 8.42 Å². The number of halogens is 1. The van der Waals surface area contributed by atoms with Gasteiger partial charge in [0.2, 0.25) is 10.0 Å². The maximum Gasteiger partial charge on any atom is 0.243 e. The van der Waals surface area contributed by atoms with Crippen molar-refractivity contribution >= 4 is 26.0 Å². The second-order valence-corrected chi connectivity index (χ2v) is 8.06. The Bertz CT molecular complexity index is 537. The van der Waals surface area contributed by atoms with E-state index in [0.717, 1.165) is 37.8 Å². The van der Waals surface area contributed by atoms with Crippen molar-refractivity contribution in [3.05, 3.63) is 29.8 Å². The Morgan fingerprint density at radius 1 is 1.10 bits per heavy atom. The molecule has 0 N–H and O–H groups in total. The van der Waals surface area contributed by atoms with Gasteiger partial charge in [0.1, 0.15) is 0 Å². The average Bonchev–Trinajstić information content (AvgIpc) is 2.49. The standard InChI is InChI=1S/C15H23BrN2O2S/c1-2-3-14-4-6-15(7-5-14)21(19,20)18-12-10-17(9-8-16)11-13-18/h4-7H,2-3,8-13H2,1H3. The second kappa shape index (κ2) is 7.72. The zero-order valence-corrected chi connectivity index (χ0v) is 14.9. The third kappa shape index (κ3) is 4.28. The summed E-state index contributed by atoms with van der Waals surface area (Å²) in [6.07, 6.45) is 2.06. The second-order valence-electron chi connectivity index (χ2n) is 5.33. The summed E-state index contributed by atoms with van der Waals surface area (Å²) in [4.78, 5) is 2.70. The van der Waals surface area contributed by atoms with Crippen LogP contribution in [0.1, 0.15) is 18.9 Å². The molecule has 4 nitrogen and oxygen atoms in total. The fraction of sp³-hybridized carbons (Fsp3) is 0.600. The van der Waals surface area contributed by atoms with Crippen LogP contribution < -0.4 is 0 Å². The summed E-state index contributed by atoms with van der Waals surface area (Å²) in [5.41, 5.74) is 1.19. The van der Waals surface area contributed by atoms with Gasteiger partial charge < -0.3 is 0 Å². The SMILES string of the molecule is CCCc1ccc(S(=O)(=O)N2CCN(CCBr)CC2)cc1. The summed E-state index contributed by atoms with van der Waals surface area (Å²) in [5, 5.41) is 0.929. The Morgan fingerprint density at radius 2 is 1.71 bits per heavy atom. The molecule has 1 heterocycles. The molecule has 0 saturated carbocycles. The van der Waals surface area contributed by atoms with Gasteiger partial charge in [0, 0.05) is 38.1 Å². The van der Waals surface area contributed by atoms with Crippen molar-refractivity contribution < 1.29 is 8.42 Å². The van der Waals surface area contributed by atoms with E-state index < -0.39 is 10.0 Å². The molecule has 0 spiro atoms. The van der Waals surface area contributed by atoms with Gasteiger partial charge in [-0.3, -0.25) is 4.90 Å². The molecular formula is C15H23BrN2O2S. The third-order valence-corrected chi connectivity index (χ3v) is 6.10. The number of rotatable bonds is 6. The minimum Gasteiger partial charge on any atom is -0.300 e. The maximum atomic E-state index is 12.6. The van der Waals surface area contributed by atoms with E-state index in [-0.39, 0.29) is 0 Å². The zero-order valence-electron chi connectivity index (χ0n) is 12.5. The summed E-state index contributed by atoms with van der Waals surface area (Å²) in [7, 11) is -3.34. The molecule has 21 heavy (non-hydrogen) atoms. The lowest BCUT2D eigenvalue weighted by molar-refractivity contribution is 0.198. The molecule has 0 bridgehead atoms. The fourth-order valence-electron chi connectivity index (χ4n) is 2.58. The van der Waals surface area contributed by atoms with E-state index in [9.17, 15) is 8.42 Å². The molecule has 1 saturated heterocycles. The number of piperazine rings is 1. The first kappa shape index (κ1) is 16.9. The van der Waals surface area contributed by atoms with Gasteiger partial charge in [-0.05, 0) is 24.1 Å². The lowest BCUT2D eigenvalue weighted by Crippen LogP contribution is -2.48. The number of hydrogen-bond donors (Lipinski definition) is 0. The lowest BCUT2D eigenvalue weighted by atomic mass is 10.1. The quantitative estimate of drug-likeness (QED) is 0.717. The Morgan fingerprint density at radius 3 is 2.24 bits per heavy atom. The molecule has 6 heteroatoms. The normalized spacial score (nSPS) is 18.0. The van der Waals surface area contributed by atoms with Gasteiger partial charge in [-0.2, -0.15) is 4.31 Å². The molecule has 1 aromatic rings. The number of aryl methyl sites for hydroxylation is 1. The maximum absolute atomic E-state index is 12.6. The largest absolute Gasteiger partial charge is 0.300 e. The van der Waals surface area contributed by atoms with Gasteiger partial charge in [-0.15, -0.1) is 0 Å². The third-order valence-electron chi connectivity index (χ3n) is 3.83. The van der Waals surface area contributed by atoms with Crippen LogP contribution in [0.15, 0.2) is 29.2 Å². The fourth-order valence-corrected chi connectivity index (χ4v) is 4.50. The highest BCUT2D eigenvalue weighted by molar-refractivity contribution is 9.09. The van der Waals surface area contributed by atoms with Gasteiger partial charge in [0.25, 0.3) is 0 Å². The van der Waals surface area contributed by atoms with E-state index >= 15 is 0 Å². The lowest BCUT2D eigenvalue weighted by Gasteiger charge is -2.33. The van der Waals surface area contributed by atoms with Crippen LogP contribution in [0.5, 0.6) is 0 Å². The van der Waals surface area contributed by atoms with Crippen LogP contribution in [0.2, 0.25) is 0 Å². The smallest absolute Gasteiger partial charge is 0.243 e. The van der Waals surface area contributed by atoms with E-state index in [2.05, 4.69) is 27.8 Å². The van der Waals surface area contributed by atoms with Crippen molar-refractivity contribution in [1.82, 2.24) is 9.21 Å². The molecule has 1 aliphatic rings. The number of hydrogen-bond acceptors (Lipinski definition) is 3. The molecule has 1 aromatic carbocycles. The topological polar surface area (TPSA) is 40.6 Å². The van der Waals surface area contributed by atoms with Crippen LogP contribution in [0.4, 0.5) is 0 Å². The molecule has 0 amide bonds. The van der Waals surface area contributed by atoms with Crippen LogP contribution in [0.3, 0.4) is 0 Å². The van der Waals surface area contributed by atoms with Gasteiger partial charge in [-0.1, -0.05) is 41.4 Å². The average molecular weight is 375 g/mol. The van der Waals surface area contributed by atoms with E-state index in [4.69, 9.17) is 0 Å². The number of benzene rings is 1. The molecule has 1 aliphatic heterocycles. The highest BCUT2D eigenvalue weighted by Gasteiger charge is 2.28. The number of sulfonamides is 1. The van der Waals surface area contributed by atoms with Crippen molar-refractivity contribution in [2.75, 3.05) is 38.1 Å². The molecule has 0 radical (unpaired) electrons. The molecule has 0 atom stereocenters. The first-order valence-corrected chi connectivity index (χ1v) is 10.0. The monoisotopic (exact) mass is 374 g/mol. The predicted molar refractivity (Wildman–Crippen MR) is 89.4 cm³/mol. The van der Waals surface area contributed by atoms with Crippen molar-refractivity contribution in [1.29, 1.82) is 0 Å². The van der Waals surface area contributed by atoms with Gasteiger partial charge >= 0.3 is 0 Å². The van der Waals surface area contributed by atoms with E-state index in [1.165, 1.54) is 5.56 Å². The van der Waals surface area contributed by atoms with Crippen molar-refractivity contribution in [2.24, 2.45) is 0 Å². The number of alkyl halides is 1. The summed E-state index contributed by atoms with van der Waals surface area (Å²) >= 11 is 3.42. The Labute approximate surface area is 136 Å². The first-order valence-electron chi connectivity index (χ1n) is 7.45.